The first-order valence-electron chi connectivity index (χ1n) is 4.18. The zero-order valence-corrected chi connectivity index (χ0v) is 7.25. The highest BCUT2D eigenvalue weighted by atomic mass is 16.6. The number of aliphatic carboxylic acids is 1. The molecule has 0 aromatic carbocycles. The second kappa shape index (κ2) is 3.41. The third-order valence-electron chi connectivity index (χ3n) is 2.54. The van der Waals surface area contributed by atoms with E-state index in [0.29, 0.717) is 5.92 Å². The van der Waals surface area contributed by atoms with Crippen LogP contribution in [0.1, 0.15) is 32.6 Å². The van der Waals surface area contributed by atoms with E-state index in [1.165, 1.54) is 0 Å². The normalized spacial score (nSPS) is 35.3. The van der Waals surface area contributed by atoms with Gasteiger partial charge in [0.2, 0.25) is 0 Å². The first kappa shape index (κ1) is 9.48. The fourth-order valence-electron chi connectivity index (χ4n) is 1.93. The molecule has 0 saturated heterocycles. The van der Waals surface area contributed by atoms with Crippen LogP contribution in [0, 0.1) is 5.92 Å². The van der Waals surface area contributed by atoms with Crippen LogP contribution in [-0.2, 0) is 9.63 Å². The maximum absolute atomic E-state index is 10.5. The Labute approximate surface area is 71.7 Å². The quantitative estimate of drug-likeness (QED) is 0.622. The molecule has 0 amide bonds. The number of carboxylic acid groups (broad SMARTS) is 1. The largest absolute Gasteiger partial charge is 0.481 e. The molecule has 2 unspecified atom stereocenters. The van der Waals surface area contributed by atoms with Gasteiger partial charge in [-0.1, -0.05) is 6.92 Å². The lowest BCUT2D eigenvalue weighted by Crippen LogP contribution is -2.35. The molecule has 4 nitrogen and oxygen atoms in total. The molecule has 0 aliphatic heterocycles. The van der Waals surface area contributed by atoms with E-state index < -0.39 is 11.6 Å². The fourth-order valence-corrected chi connectivity index (χ4v) is 1.93. The zero-order valence-electron chi connectivity index (χ0n) is 7.25. The van der Waals surface area contributed by atoms with E-state index in [9.17, 15) is 4.79 Å². The van der Waals surface area contributed by atoms with Crippen LogP contribution < -0.4 is 5.90 Å². The van der Waals surface area contributed by atoms with Gasteiger partial charge in [0.15, 0.2) is 0 Å². The minimum atomic E-state index is -0.838. The number of hydrogen-bond acceptors (Lipinski definition) is 3. The molecule has 0 aromatic heterocycles. The van der Waals surface area contributed by atoms with Gasteiger partial charge < -0.3 is 5.11 Å². The van der Waals surface area contributed by atoms with Gasteiger partial charge in [-0.25, -0.2) is 5.90 Å². The minimum absolute atomic E-state index is 0.0217. The van der Waals surface area contributed by atoms with E-state index in [4.69, 9.17) is 15.8 Å². The van der Waals surface area contributed by atoms with Crippen molar-refractivity contribution in [2.75, 3.05) is 0 Å². The van der Waals surface area contributed by atoms with Crippen LogP contribution >= 0.6 is 0 Å². The Morgan fingerprint density at radius 3 is 2.83 bits per heavy atom. The summed E-state index contributed by atoms with van der Waals surface area (Å²) in [6, 6.07) is 0. The molecule has 0 radical (unpaired) electrons. The van der Waals surface area contributed by atoms with Gasteiger partial charge in [-0.2, -0.15) is 0 Å². The molecule has 3 N–H and O–H groups in total. The van der Waals surface area contributed by atoms with Crippen molar-refractivity contribution in [1.29, 1.82) is 0 Å². The number of nitrogens with two attached hydrogens (primary N) is 1. The number of carbonyl (C=O) groups is 1. The van der Waals surface area contributed by atoms with Crippen LogP contribution in [0.4, 0.5) is 0 Å². The summed E-state index contributed by atoms with van der Waals surface area (Å²) >= 11 is 0. The molecule has 1 saturated carbocycles. The second-order valence-corrected chi connectivity index (χ2v) is 3.72. The maximum atomic E-state index is 10.5. The van der Waals surface area contributed by atoms with Crippen molar-refractivity contribution in [3.8, 4) is 0 Å². The summed E-state index contributed by atoms with van der Waals surface area (Å²) < 4.78 is 0. The fraction of sp³-hybridized carbons (Fsp3) is 0.875. The predicted octanol–water partition coefficient (Wildman–Crippen LogP) is 0.910. The molecule has 4 heteroatoms. The minimum Gasteiger partial charge on any atom is -0.481 e. The summed E-state index contributed by atoms with van der Waals surface area (Å²) in [6.45, 7) is 2.09. The van der Waals surface area contributed by atoms with Crippen molar-refractivity contribution in [1.82, 2.24) is 0 Å². The standard InChI is InChI=1S/C8H15NO3/c1-6-2-3-8(4-6,12-9)5-7(10)11/h6H,2-5,9H2,1H3,(H,10,11). The molecule has 0 heterocycles. The lowest BCUT2D eigenvalue weighted by Gasteiger charge is -2.24. The van der Waals surface area contributed by atoms with Crippen LogP contribution in [0.25, 0.3) is 0 Å². The predicted molar refractivity (Wildman–Crippen MR) is 43.3 cm³/mol. The summed E-state index contributed by atoms with van der Waals surface area (Å²) in [5.74, 6) is 4.80. The Morgan fingerprint density at radius 1 is 1.83 bits per heavy atom. The van der Waals surface area contributed by atoms with Gasteiger partial charge in [-0.3, -0.25) is 9.63 Å². The number of hydrogen-bond donors (Lipinski definition) is 2. The summed E-state index contributed by atoms with van der Waals surface area (Å²) in [6.07, 6.45) is 2.55. The number of carboxylic acids is 1. The van der Waals surface area contributed by atoms with Crippen molar-refractivity contribution in [3.05, 3.63) is 0 Å². The molecule has 1 aliphatic rings. The third-order valence-corrected chi connectivity index (χ3v) is 2.54. The van der Waals surface area contributed by atoms with Crippen LogP contribution in [0.15, 0.2) is 0 Å². The Kier molecular flexibility index (Phi) is 2.69. The van der Waals surface area contributed by atoms with Gasteiger partial charge >= 0.3 is 5.97 Å². The van der Waals surface area contributed by atoms with Crippen molar-refractivity contribution in [3.63, 3.8) is 0 Å². The van der Waals surface area contributed by atoms with E-state index in [1.807, 2.05) is 0 Å². The van der Waals surface area contributed by atoms with Crippen molar-refractivity contribution >= 4 is 5.97 Å². The Morgan fingerprint density at radius 2 is 2.50 bits per heavy atom. The third kappa shape index (κ3) is 1.95. The molecule has 12 heavy (non-hydrogen) atoms. The van der Waals surface area contributed by atoms with Gasteiger partial charge in [-0.15, -0.1) is 0 Å². The molecule has 0 bridgehead atoms. The molecule has 1 fully saturated rings. The SMILES string of the molecule is CC1CCC(CC(=O)O)(ON)C1. The summed E-state index contributed by atoms with van der Waals surface area (Å²) in [4.78, 5) is 15.3. The molecule has 2 atom stereocenters. The molecule has 70 valence electrons. The van der Waals surface area contributed by atoms with Gasteiger partial charge in [0, 0.05) is 0 Å². The molecular formula is C8H15NO3. The van der Waals surface area contributed by atoms with Crippen LogP contribution in [0.2, 0.25) is 0 Å². The Hall–Kier alpha value is -0.610. The molecule has 1 rings (SSSR count). The van der Waals surface area contributed by atoms with Gasteiger partial charge in [0.25, 0.3) is 0 Å². The summed E-state index contributed by atoms with van der Waals surface area (Å²) in [7, 11) is 0. The van der Waals surface area contributed by atoms with E-state index in [0.717, 1.165) is 19.3 Å². The molecule has 1 aliphatic carbocycles. The van der Waals surface area contributed by atoms with E-state index >= 15 is 0 Å². The van der Waals surface area contributed by atoms with E-state index in [-0.39, 0.29) is 6.42 Å². The van der Waals surface area contributed by atoms with E-state index in [1.54, 1.807) is 0 Å². The Balaban J connectivity index is 2.58. The summed E-state index contributed by atoms with van der Waals surface area (Å²) in [5, 5.41) is 8.62. The first-order valence-corrected chi connectivity index (χ1v) is 4.18. The van der Waals surface area contributed by atoms with Crippen molar-refractivity contribution < 1.29 is 14.7 Å². The molecule has 0 aromatic rings. The monoisotopic (exact) mass is 173 g/mol. The highest BCUT2D eigenvalue weighted by Gasteiger charge is 2.40. The first-order chi connectivity index (χ1) is 5.58. The lowest BCUT2D eigenvalue weighted by molar-refractivity contribution is -0.146. The maximum Gasteiger partial charge on any atom is 0.306 e. The van der Waals surface area contributed by atoms with Gasteiger partial charge in [0.05, 0.1) is 6.42 Å². The van der Waals surface area contributed by atoms with Crippen LogP contribution in [0.3, 0.4) is 0 Å². The zero-order chi connectivity index (χ0) is 9.19. The second-order valence-electron chi connectivity index (χ2n) is 3.72. The molecular weight excluding hydrogens is 158 g/mol. The Bertz CT molecular complexity index is 183. The average Bonchev–Trinajstić information content (AvgIpc) is 2.32. The number of rotatable bonds is 3. The van der Waals surface area contributed by atoms with Crippen LogP contribution in [0.5, 0.6) is 0 Å². The van der Waals surface area contributed by atoms with Gasteiger partial charge in [-0.05, 0) is 25.2 Å². The topological polar surface area (TPSA) is 72.5 Å². The van der Waals surface area contributed by atoms with Crippen molar-refractivity contribution in [2.45, 2.75) is 38.2 Å². The van der Waals surface area contributed by atoms with Crippen molar-refractivity contribution in [2.24, 2.45) is 11.8 Å². The van der Waals surface area contributed by atoms with Crippen LogP contribution in [-0.4, -0.2) is 16.7 Å². The highest BCUT2D eigenvalue weighted by molar-refractivity contribution is 5.68. The van der Waals surface area contributed by atoms with Gasteiger partial charge in [0.1, 0.15) is 5.60 Å². The molecule has 0 spiro atoms. The van der Waals surface area contributed by atoms with E-state index in [2.05, 4.69) is 6.92 Å². The smallest absolute Gasteiger partial charge is 0.306 e. The highest BCUT2D eigenvalue weighted by Crippen LogP contribution is 2.38. The summed E-state index contributed by atoms with van der Waals surface area (Å²) in [5.41, 5.74) is -0.592. The average molecular weight is 173 g/mol. The lowest BCUT2D eigenvalue weighted by atomic mass is 9.97.